The molecule has 27 heavy (non-hydrogen) atoms. The molecular formula is C19H15Cl2N5S. The minimum Gasteiger partial charge on any atom is -0.336 e. The lowest BCUT2D eigenvalue weighted by Gasteiger charge is -2.19. The standard InChI is InChI=1S/C19H15Cl2N5S/c20-14-1-6-17(18(21)9-14)19(10-25-8-7-22-12-25)27-16-4-2-15(3-5-16)26-13-23-11-24-26/h1-9,11-13,19H,10H2. The average molecular weight is 416 g/mol. The number of rotatable bonds is 6. The first-order valence-electron chi connectivity index (χ1n) is 8.21. The zero-order valence-electron chi connectivity index (χ0n) is 14.1. The second-order valence-electron chi connectivity index (χ2n) is 5.87. The molecular weight excluding hydrogens is 401 g/mol. The molecule has 0 aliphatic carbocycles. The fraction of sp³-hybridized carbons (Fsp3) is 0.105. The normalized spacial score (nSPS) is 12.2. The lowest BCUT2D eigenvalue weighted by atomic mass is 10.1. The molecule has 136 valence electrons. The van der Waals surface area contributed by atoms with Crippen molar-refractivity contribution < 1.29 is 0 Å². The van der Waals surface area contributed by atoms with E-state index in [0.29, 0.717) is 10.0 Å². The highest BCUT2D eigenvalue weighted by molar-refractivity contribution is 7.99. The Bertz CT molecular complexity index is 1000. The van der Waals surface area contributed by atoms with Gasteiger partial charge in [0.1, 0.15) is 12.7 Å². The molecule has 4 aromatic rings. The molecule has 2 heterocycles. The van der Waals surface area contributed by atoms with Crippen LogP contribution in [0, 0.1) is 0 Å². The molecule has 0 aliphatic rings. The third-order valence-electron chi connectivity index (χ3n) is 4.04. The van der Waals surface area contributed by atoms with E-state index < -0.39 is 0 Å². The molecule has 0 saturated heterocycles. The topological polar surface area (TPSA) is 48.5 Å². The first-order chi connectivity index (χ1) is 13.2. The lowest BCUT2D eigenvalue weighted by molar-refractivity contribution is 0.683. The van der Waals surface area contributed by atoms with Gasteiger partial charge in [0, 0.05) is 33.9 Å². The molecule has 0 N–H and O–H groups in total. The number of hydrogen-bond acceptors (Lipinski definition) is 4. The van der Waals surface area contributed by atoms with Gasteiger partial charge in [0.25, 0.3) is 0 Å². The minimum atomic E-state index is 0.112. The van der Waals surface area contributed by atoms with Crippen LogP contribution in [-0.2, 0) is 6.54 Å². The molecule has 0 radical (unpaired) electrons. The van der Waals surface area contributed by atoms with E-state index in [0.717, 1.165) is 22.7 Å². The van der Waals surface area contributed by atoms with Crippen LogP contribution in [0.1, 0.15) is 10.8 Å². The maximum absolute atomic E-state index is 6.48. The van der Waals surface area contributed by atoms with Crippen molar-refractivity contribution in [2.24, 2.45) is 0 Å². The molecule has 0 bridgehead atoms. The monoisotopic (exact) mass is 415 g/mol. The lowest BCUT2D eigenvalue weighted by Crippen LogP contribution is -2.05. The number of nitrogens with zero attached hydrogens (tertiary/aromatic N) is 5. The number of benzene rings is 2. The molecule has 2 aromatic heterocycles. The smallest absolute Gasteiger partial charge is 0.138 e. The quantitative estimate of drug-likeness (QED) is 0.400. The van der Waals surface area contributed by atoms with Gasteiger partial charge in [-0.2, -0.15) is 5.10 Å². The maximum Gasteiger partial charge on any atom is 0.138 e. The second-order valence-corrected chi connectivity index (χ2v) is 7.99. The summed E-state index contributed by atoms with van der Waals surface area (Å²) in [5, 5.41) is 5.56. The SMILES string of the molecule is Clc1ccc(C(Cn2ccnc2)Sc2ccc(-n3cncn3)cc2)c(Cl)c1. The van der Waals surface area contributed by atoms with Crippen LogP contribution in [0.3, 0.4) is 0 Å². The Kier molecular flexibility index (Phi) is 5.48. The third kappa shape index (κ3) is 4.35. The Hall–Kier alpha value is -2.28. The van der Waals surface area contributed by atoms with E-state index >= 15 is 0 Å². The van der Waals surface area contributed by atoms with Gasteiger partial charge in [0.2, 0.25) is 0 Å². The predicted molar refractivity (Wildman–Crippen MR) is 109 cm³/mol. The summed E-state index contributed by atoms with van der Waals surface area (Å²) in [4.78, 5) is 9.25. The Labute approximate surface area is 171 Å². The highest BCUT2D eigenvalue weighted by Crippen LogP contribution is 2.40. The molecule has 1 unspecified atom stereocenters. The maximum atomic E-state index is 6.48. The molecule has 0 amide bonds. The Morgan fingerprint density at radius 2 is 1.85 bits per heavy atom. The van der Waals surface area contributed by atoms with Crippen LogP contribution < -0.4 is 0 Å². The van der Waals surface area contributed by atoms with Gasteiger partial charge in [-0.15, -0.1) is 11.8 Å². The molecule has 1 atom stereocenters. The minimum absolute atomic E-state index is 0.112. The molecule has 0 spiro atoms. The van der Waals surface area contributed by atoms with Crippen molar-refractivity contribution in [3.8, 4) is 5.69 Å². The number of hydrogen-bond donors (Lipinski definition) is 0. The van der Waals surface area contributed by atoms with Crippen LogP contribution in [-0.4, -0.2) is 24.3 Å². The van der Waals surface area contributed by atoms with E-state index in [-0.39, 0.29) is 5.25 Å². The van der Waals surface area contributed by atoms with Gasteiger partial charge in [-0.1, -0.05) is 29.3 Å². The van der Waals surface area contributed by atoms with E-state index in [1.54, 1.807) is 35.0 Å². The van der Waals surface area contributed by atoms with Crippen molar-refractivity contribution in [2.75, 3.05) is 0 Å². The van der Waals surface area contributed by atoms with Crippen LogP contribution >= 0.6 is 35.0 Å². The van der Waals surface area contributed by atoms with Crippen molar-refractivity contribution in [2.45, 2.75) is 16.7 Å². The van der Waals surface area contributed by atoms with Crippen molar-refractivity contribution in [1.29, 1.82) is 0 Å². The van der Waals surface area contributed by atoms with E-state index in [9.17, 15) is 0 Å². The number of imidazole rings is 1. The van der Waals surface area contributed by atoms with Gasteiger partial charge < -0.3 is 4.57 Å². The fourth-order valence-corrected chi connectivity index (χ4v) is 4.54. The molecule has 5 nitrogen and oxygen atoms in total. The molecule has 2 aromatic carbocycles. The summed E-state index contributed by atoms with van der Waals surface area (Å²) in [5.74, 6) is 0. The van der Waals surface area contributed by atoms with Gasteiger partial charge in [0.05, 0.1) is 17.3 Å². The average Bonchev–Trinajstić information content (AvgIpc) is 3.36. The van der Waals surface area contributed by atoms with E-state index in [1.165, 1.54) is 6.33 Å². The molecule has 8 heteroatoms. The van der Waals surface area contributed by atoms with E-state index in [4.69, 9.17) is 23.2 Å². The molecule has 0 aliphatic heterocycles. The van der Waals surface area contributed by atoms with Crippen molar-refractivity contribution >= 4 is 35.0 Å². The summed E-state index contributed by atoms with van der Waals surface area (Å²) in [7, 11) is 0. The summed E-state index contributed by atoms with van der Waals surface area (Å²) in [5.41, 5.74) is 2.01. The van der Waals surface area contributed by atoms with Gasteiger partial charge in [-0.25, -0.2) is 14.6 Å². The third-order valence-corrected chi connectivity index (χ3v) is 5.84. The summed E-state index contributed by atoms with van der Waals surface area (Å²) >= 11 is 14.3. The van der Waals surface area contributed by atoms with Gasteiger partial charge in [-0.05, 0) is 42.0 Å². The van der Waals surface area contributed by atoms with Crippen LogP contribution in [0.4, 0.5) is 0 Å². The van der Waals surface area contributed by atoms with E-state index in [2.05, 4.69) is 27.2 Å². The van der Waals surface area contributed by atoms with Gasteiger partial charge in [0.15, 0.2) is 0 Å². The zero-order chi connectivity index (χ0) is 18.6. The van der Waals surface area contributed by atoms with Gasteiger partial charge >= 0.3 is 0 Å². The number of halogens is 2. The van der Waals surface area contributed by atoms with Gasteiger partial charge in [-0.3, -0.25) is 0 Å². The van der Waals surface area contributed by atoms with E-state index in [1.807, 2.05) is 41.4 Å². The fourth-order valence-electron chi connectivity index (χ4n) is 2.73. The first kappa shape index (κ1) is 18.1. The summed E-state index contributed by atoms with van der Waals surface area (Å²) < 4.78 is 3.78. The number of thioether (sulfide) groups is 1. The van der Waals surface area contributed by atoms with Crippen molar-refractivity contribution in [3.05, 3.63) is 89.4 Å². The van der Waals surface area contributed by atoms with Crippen LogP contribution in [0.25, 0.3) is 5.69 Å². The van der Waals surface area contributed by atoms with Crippen LogP contribution in [0.5, 0.6) is 0 Å². The van der Waals surface area contributed by atoms with Crippen LogP contribution in [0.2, 0.25) is 10.0 Å². The molecule has 0 saturated carbocycles. The predicted octanol–water partition coefficient (Wildman–Crippen LogP) is 5.30. The molecule has 4 rings (SSSR count). The van der Waals surface area contributed by atoms with Crippen LogP contribution in [0.15, 0.2) is 78.7 Å². The highest BCUT2D eigenvalue weighted by atomic mass is 35.5. The Morgan fingerprint density at radius 1 is 1.00 bits per heavy atom. The summed E-state index contributed by atoms with van der Waals surface area (Å²) in [6, 6.07) is 13.8. The Balaban J connectivity index is 1.60. The first-order valence-corrected chi connectivity index (χ1v) is 9.85. The largest absolute Gasteiger partial charge is 0.336 e. The Morgan fingerprint density at radius 3 is 2.52 bits per heavy atom. The second kappa shape index (κ2) is 8.17. The summed E-state index contributed by atoms with van der Waals surface area (Å²) in [6.07, 6.45) is 8.73. The van der Waals surface area contributed by atoms with Crippen molar-refractivity contribution in [3.63, 3.8) is 0 Å². The zero-order valence-corrected chi connectivity index (χ0v) is 16.4. The van der Waals surface area contributed by atoms with Crippen molar-refractivity contribution in [1.82, 2.24) is 24.3 Å². The number of aromatic nitrogens is 5. The highest BCUT2D eigenvalue weighted by Gasteiger charge is 2.18. The molecule has 0 fully saturated rings. The summed E-state index contributed by atoms with van der Waals surface area (Å²) in [6.45, 7) is 0.747.